The molecule has 0 bridgehead atoms. The normalized spacial score (nSPS) is 10.6. The standard InChI is InChI=1S/C10H7Cl2NO2/c11-7-3-1-2-6(4-7)9-8(5-14)10(12)15-13-9/h1-4,14H,5H2. The molecule has 0 saturated carbocycles. The highest BCUT2D eigenvalue weighted by Crippen LogP contribution is 2.29. The van der Waals surface area contributed by atoms with Crippen LogP contribution in [0, 0.1) is 0 Å². The highest BCUT2D eigenvalue weighted by molar-refractivity contribution is 6.31. The van der Waals surface area contributed by atoms with Crippen LogP contribution in [-0.2, 0) is 6.61 Å². The van der Waals surface area contributed by atoms with Gasteiger partial charge in [-0.25, -0.2) is 0 Å². The summed E-state index contributed by atoms with van der Waals surface area (Å²) in [6.07, 6.45) is 0. The van der Waals surface area contributed by atoms with Gasteiger partial charge in [0.1, 0.15) is 5.69 Å². The maximum Gasteiger partial charge on any atom is 0.232 e. The number of aliphatic hydroxyl groups excluding tert-OH is 1. The molecule has 2 aromatic rings. The minimum Gasteiger partial charge on any atom is -0.391 e. The fourth-order valence-electron chi connectivity index (χ4n) is 1.29. The molecule has 0 aliphatic heterocycles. The van der Waals surface area contributed by atoms with E-state index in [1.807, 2.05) is 6.07 Å². The first-order valence-electron chi connectivity index (χ1n) is 4.23. The van der Waals surface area contributed by atoms with Gasteiger partial charge < -0.3 is 9.63 Å². The molecule has 0 saturated heterocycles. The number of halogens is 2. The Bertz CT molecular complexity index is 482. The van der Waals surface area contributed by atoms with Crippen molar-refractivity contribution in [2.75, 3.05) is 0 Å². The first kappa shape index (κ1) is 10.5. The summed E-state index contributed by atoms with van der Waals surface area (Å²) in [4.78, 5) is 0. The molecule has 1 heterocycles. The molecule has 0 radical (unpaired) electrons. The molecular formula is C10H7Cl2NO2. The monoisotopic (exact) mass is 243 g/mol. The van der Waals surface area contributed by atoms with Crippen molar-refractivity contribution in [3.63, 3.8) is 0 Å². The highest BCUT2D eigenvalue weighted by Gasteiger charge is 2.14. The van der Waals surface area contributed by atoms with Crippen LogP contribution in [0.3, 0.4) is 0 Å². The zero-order valence-electron chi connectivity index (χ0n) is 7.58. The third-order valence-corrected chi connectivity index (χ3v) is 2.53. The van der Waals surface area contributed by atoms with E-state index in [1.54, 1.807) is 18.2 Å². The fourth-order valence-corrected chi connectivity index (χ4v) is 1.66. The zero-order valence-corrected chi connectivity index (χ0v) is 9.09. The van der Waals surface area contributed by atoms with Crippen LogP contribution in [0.4, 0.5) is 0 Å². The maximum atomic E-state index is 9.10. The second-order valence-corrected chi connectivity index (χ2v) is 3.73. The molecule has 15 heavy (non-hydrogen) atoms. The van der Waals surface area contributed by atoms with Crippen LogP contribution in [0.15, 0.2) is 28.8 Å². The molecule has 1 aromatic heterocycles. The van der Waals surface area contributed by atoms with E-state index in [9.17, 15) is 0 Å². The van der Waals surface area contributed by atoms with Gasteiger partial charge in [0.2, 0.25) is 5.22 Å². The third-order valence-electron chi connectivity index (χ3n) is 2.00. The highest BCUT2D eigenvalue weighted by atomic mass is 35.5. The summed E-state index contributed by atoms with van der Waals surface area (Å²) in [5.41, 5.74) is 1.76. The number of rotatable bonds is 2. The minimum atomic E-state index is -0.218. The summed E-state index contributed by atoms with van der Waals surface area (Å²) in [5.74, 6) is 0. The van der Waals surface area contributed by atoms with E-state index in [0.29, 0.717) is 16.3 Å². The van der Waals surface area contributed by atoms with Crippen LogP contribution in [0.25, 0.3) is 11.3 Å². The van der Waals surface area contributed by atoms with Crippen molar-refractivity contribution >= 4 is 23.2 Å². The lowest BCUT2D eigenvalue weighted by atomic mass is 10.1. The van der Waals surface area contributed by atoms with E-state index in [4.69, 9.17) is 32.8 Å². The summed E-state index contributed by atoms with van der Waals surface area (Å²) in [7, 11) is 0. The zero-order chi connectivity index (χ0) is 10.8. The molecular weight excluding hydrogens is 237 g/mol. The Labute approximate surface area is 96.2 Å². The van der Waals surface area contributed by atoms with Crippen molar-refractivity contribution in [2.24, 2.45) is 0 Å². The van der Waals surface area contributed by atoms with Gasteiger partial charge in [-0.05, 0) is 23.7 Å². The predicted molar refractivity (Wildman–Crippen MR) is 57.9 cm³/mol. The summed E-state index contributed by atoms with van der Waals surface area (Å²) >= 11 is 11.6. The molecule has 1 aromatic carbocycles. The van der Waals surface area contributed by atoms with Crippen LogP contribution in [0.1, 0.15) is 5.56 Å². The second kappa shape index (κ2) is 4.23. The molecule has 1 N–H and O–H groups in total. The molecule has 78 valence electrons. The Hall–Kier alpha value is -1.03. The van der Waals surface area contributed by atoms with E-state index in [1.165, 1.54) is 0 Å². The minimum absolute atomic E-state index is 0.104. The Morgan fingerprint density at radius 3 is 2.80 bits per heavy atom. The average Bonchev–Trinajstić information content (AvgIpc) is 2.59. The number of nitrogens with zero attached hydrogens (tertiary/aromatic N) is 1. The lowest BCUT2D eigenvalue weighted by molar-refractivity contribution is 0.281. The smallest absolute Gasteiger partial charge is 0.232 e. The Balaban J connectivity index is 2.54. The first-order chi connectivity index (χ1) is 7.22. The molecule has 0 fully saturated rings. The number of aromatic nitrogens is 1. The van der Waals surface area contributed by atoms with Gasteiger partial charge in [0.25, 0.3) is 0 Å². The van der Waals surface area contributed by atoms with E-state index < -0.39 is 0 Å². The molecule has 0 unspecified atom stereocenters. The van der Waals surface area contributed by atoms with Gasteiger partial charge in [0.05, 0.1) is 12.2 Å². The van der Waals surface area contributed by atoms with E-state index in [2.05, 4.69) is 5.16 Å². The number of benzene rings is 1. The van der Waals surface area contributed by atoms with Gasteiger partial charge >= 0.3 is 0 Å². The molecule has 0 atom stereocenters. The molecule has 0 amide bonds. The molecule has 0 spiro atoms. The lowest BCUT2D eigenvalue weighted by Gasteiger charge is -1.98. The van der Waals surface area contributed by atoms with Crippen molar-refractivity contribution in [1.82, 2.24) is 5.16 Å². The van der Waals surface area contributed by atoms with Gasteiger partial charge in [0, 0.05) is 10.6 Å². The summed E-state index contributed by atoms with van der Waals surface area (Å²) < 4.78 is 4.79. The average molecular weight is 244 g/mol. The van der Waals surface area contributed by atoms with Crippen molar-refractivity contribution in [2.45, 2.75) is 6.61 Å². The molecule has 0 aliphatic carbocycles. The Morgan fingerprint density at radius 1 is 1.33 bits per heavy atom. The summed E-state index contributed by atoms with van der Waals surface area (Å²) in [6.45, 7) is -0.218. The lowest BCUT2D eigenvalue weighted by Crippen LogP contribution is -1.86. The fraction of sp³-hybridized carbons (Fsp3) is 0.100. The van der Waals surface area contributed by atoms with Gasteiger partial charge in [0.15, 0.2) is 0 Å². The van der Waals surface area contributed by atoms with Crippen molar-refractivity contribution < 1.29 is 9.63 Å². The first-order valence-corrected chi connectivity index (χ1v) is 4.99. The topological polar surface area (TPSA) is 46.3 Å². The van der Waals surface area contributed by atoms with Gasteiger partial charge in [-0.2, -0.15) is 0 Å². The quantitative estimate of drug-likeness (QED) is 0.882. The van der Waals surface area contributed by atoms with Crippen LogP contribution < -0.4 is 0 Å². The van der Waals surface area contributed by atoms with Gasteiger partial charge in [-0.3, -0.25) is 0 Å². The van der Waals surface area contributed by atoms with Crippen molar-refractivity contribution in [3.8, 4) is 11.3 Å². The van der Waals surface area contributed by atoms with Gasteiger partial charge in [-0.1, -0.05) is 28.9 Å². The summed E-state index contributed by atoms with van der Waals surface area (Å²) in [6, 6.07) is 7.10. The molecule has 0 aliphatic rings. The molecule has 3 nitrogen and oxygen atoms in total. The van der Waals surface area contributed by atoms with Crippen LogP contribution >= 0.6 is 23.2 Å². The largest absolute Gasteiger partial charge is 0.391 e. The summed E-state index contributed by atoms with van der Waals surface area (Å²) in [5, 5.41) is 13.6. The maximum absolute atomic E-state index is 9.10. The second-order valence-electron chi connectivity index (χ2n) is 2.95. The molecule has 2 rings (SSSR count). The molecule has 5 heteroatoms. The van der Waals surface area contributed by atoms with Gasteiger partial charge in [-0.15, -0.1) is 0 Å². The Morgan fingerprint density at radius 2 is 2.13 bits per heavy atom. The Kier molecular flexibility index (Phi) is 2.95. The van der Waals surface area contributed by atoms with E-state index in [-0.39, 0.29) is 11.8 Å². The van der Waals surface area contributed by atoms with E-state index in [0.717, 1.165) is 5.56 Å². The predicted octanol–water partition coefficient (Wildman–Crippen LogP) is 3.14. The number of hydrogen-bond donors (Lipinski definition) is 1. The third kappa shape index (κ3) is 2.00. The number of aliphatic hydroxyl groups is 1. The number of hydrogen-bond acceptors (Lipinski definition) is 3. The van der Waals surface area contributed by atoms with Crippen LogP contribution in [-0.4, -0.2) is 10.3 Å². The SMILES string of the molecule is OCc1c(-c2cccc(Cl)c2)noc1Cl. The van der Waals surface area contributed by atoms with Crippen LogP contribution in [0.2, 0.25) is 10.2 Å². The van der Waals surface area contributed by atoms with Crippen LogP contribution in [0.5, 0.6) is 0 Å². The van der Waals surface area contributed by atoms with Crippen molar-refractivity contribution in [3.05, 3.63) is 40.1 Å². The van der Waals surface area contributed by atoms with Crippen molar-refractivity contribution in [1.29, 1.82) is 0 Å². The van der Waals surface area contributed by atoms with E-state index >= 15 is 0 Å².